The van der Waals surface area contributed by atoms with E-state index in [9.17, 15) is 13.2 Å². The van der Waals surface area contributed by atoms with Crippen LogP contribution in [0.15, 0.2) is 53.4 Å². The molecule has 0 fully saturated rings. The Morgan fingerprint density at radius 2 is 1.71 bits per heavy atom. The fraction of sp³-hybridized carbons (Fsp3) is 0.278. The molecular weight excluding hydrogens is 324 g/mol. The summed E-state index contributed by atoms with van der Waals surface area (Å²) in [5.41, 5.74) is 2.02. The molecule has 24 heavy (non-hydrogen) atoms. The van der Waals surface area contributed by atoms with Gasteiger partial charge in [-0.3, -0.25) is 4.79 Å². The van der Waals surface area contributed by atoms with Crippen molar-refractivity contribution in [2.24, 2.45) is 0 Å². The average molecular weight is 346 g/mol. The second-order valence-corrected chi connectivity index (χ2v) is 7.44. The maximum atomic E-state index is 12.3. The number of hydrogen-bond donors (Lipinski definition) is 2. The van der Waals surface area contributed by atoms with Crippen molar-refractivity contribution in [2.75, 3.05) is 5.32 Å². The van der Waals surface area contributed by atoms with Crippen LogP contribution in [0, 0.1) is 6.92 Å². The van der Waals surface area contributed by atoms with Gasteiger partial charge in [0.25, 0.3) is 5.91 Å². The van der Waals surface area contributed by atoms with Gasteiger partial charge in [0.05, 0.1) is 4.90 Å². The highest BCUT2D eigenvalue weighted by Crippen LogP contribution is 2.16. The van der Waals surface area contributed by atoms with Crippen molar-refractivity contribution in [2.45, 2.75) is 38.1 Å². The van der Waals surface area contributed by atoms with Crippen LogP contribution in [0.5, 0.6) is 0 Å². The predicted octanol–water partition coefficient (Wildman–Crippen LogP) is 3.32. The van der Waals surface area contributed by atoms with Crippen molar-refractivity contribution in [3.63, 3.8) is 0 Å². The van der Waals surface area contributed by atoms with Crippen LogP contribution < -0.4 is 10.0 Å². The Hall–Kier alpha value is -2.18. The second-order valence-electron chi connectivity index (χ2n) is 5.72. The number of sulfonamides is 1. The molecule has 0 heterocycles. The minimum absolute atomic E-state index is 0.129. The summed E-state index contributed by atoms with van der Waals surface area (Å²) in [5, 5.41) is 2.78. The van der Waals surface area contributed by atoms with Gasteiger partial charge < -0.3 is 5.32 Å². The summed E-state index contributed by atoms with van der Waals surface area (Å²) in [7, 11) is -3.54. The molecule has 0 bridgehead atoms. The van der Waals surface area contributed by atoms with E-state index in [1.54, 1.807) is 24.3 Å². The smallest absolute Gasteiger partial charge is 0.255 e. The molecule has 0 aromatic heterocycles. The van der Waals surface area contributed by atoms with Crippen LogP contribution in [-0.4, -0.2) is 20.4 Å². The van der Waals surface area contributed by atoms with Crippen LogP contribution in [0.3, 0.4) is 0 Å². The van der Waals surface area contributed by atoms with E-state index in [0.717, 1.165) is 5.56 Å². The molecular formula is C18H22N2O3S. The molecule has 0 unspecified atom stereocenters. The van der Waals surface area contributed by atoms with Crippen molar-refractivity contribution in [3.8, 4) is 0 Å². The van der Waals surface area contributed by atoms with Crippen molar-refractivity contribution in [1.29, 1.82) is 0 Å². The van der Waals surface area contributed by atoms with Gasteiger partial charge in [-0.1, -0.05) is 25.1 Å². The molecule has 1 atom stereocenters. The third kappa shape index (κ3) is 4.43. The van der Waals surface area contributed by atoms with E-state index in [2.05, 4.69) is 10.0 Å². The Morgan fingerprint density at radius 3 is 2.29 bits per heavy atom. The molecule has 0 saturated carbocycles. The summed E-state index contributed by atoms with van der Waals surface area (Å²) in [4.78, 5) is 12.4. The van der Waals surface area contributed by atoms with Crippen LogP contribution in [0.4, 0.5) is 5.69 Å². The number of carbonyl (C=O) groups excluding carboxylic acids is 1. The molecule has 0 spiro atoms. The minimum atomic E-state index is -3.54. The summed E-state index contributed by atoms with van der Waals surface area (Å²) in [6.45, 7) is 5.59. The molecule has 2 rings (SSSR count). The first-order valence-corrected chi connectivity index (χ1v) is 9.31. The highest BCUT2D eigenvalue weighted by atomic mass is 32.2. The Balaban J connectivity index is 2.13. The first kappa shape index (κ1) is 18.2. The highest BCUT2D eigenvalue weighted by Gasteiger charge is 2.16. The lowest BCUT2D eigenvalue weighted by Gasteiger charge is -2.12. The molecule has 0 aliphatic heterocycles. The van der Waals surface area contributed by atoms with Gasteiger partial charge in [-0.2, -0.15) is 0 Å². The van der Waals surface area contributed by atoms with Crippen LogP contribution in [0.1, 0.15) is 36.2 Å². The van der Waals surface area contributed by atoms with Gasteiger partial charge in [0.2, 0.25) is 10.0 Å². The quantitative estimate of drug-likeness (QED) is 0.842. The van der Waals surface area contributed by atoms with Crippen LogP contribution in [0.25, 0.3) is 0 Å². The number of amides is 1. The number of benzene rings is 2. The minimum Gasteiger partial charge on any atom is -0.322 e. The molecule has 2 aromatic carbocycles. The lowest BCUT2D eigenvalue weighted by molar-refractivity contribution is 0.102. The molecule has 0 saturated heterocycles. The van der Waals surface area contributed by atoms with Crippen LogP contribution in [-0.2, 0) is 10.0 Å². The molecule has 2 N–H and O–H groups in total. The summed E-state index contributed by atoms with van der Waals surface area (Å²) < 4.78 is 27.0. The monoisotopic (exact) mass is 346 g/mol. The van der Waals surface area contributed by atoms with Crippen molar-refractivity contribution >= 4 is 21.6 Å². The standard InChI is InChI=1S/C18H22N2O3S/c1-4-14(3)20-24(22,23)16-11-9-15(10-12-16)19-18(21)17-8-6-5-7-13(17)2/h5-12,14,20H,4H2,1-3H3,(H,19,21)/t14-/m1/s1. The molecule has 0 radical (unpaired) electrons. The highest BCUT2D eigenvalue weighted by molar-refractivity contribution is 7.89. The fourth-order valence-electron chi connectivity index (χ4n) is 2.16. The number of aryl methyl sites for hydroxylation is 1. The summed E-state index contributed by atoms with van der Waals surface area (Å²) in [5.74, 6) is -0.221. The third-order valence-corrected chi connectivity index (χ3v) is 5.39. The lowest BCUT2D eigenvalue weighted by Crippen LogP contribution is -2.31. The average Bonchev–Trinajstić information content (AvgIpc) is 2.55. The molecule has 0 aliphatic carbocycles. The van der Waals surface area contributed by atoms with Crippen LogP contribution in [0.2, 0.25) is 0 Å². The van der Waals surface area contributed by atoms with Gasteiger partial charge in [-0.05, 0) is 56.2 Å². The Morgan fingerprint density at radius 1 is 1.08 bits per heavy atom. The zero-order valence-electron chi connectivity index (χ0n) is 14.0. The fourth-order valence-corrected chi connectivity index (χ4v) is 3.49. The van der Waals surface area contributed by atoms with E-state index in [0.29, 0.717) is 17.7 Å². The van der Waals surface area contributed by atoms with E-state index in [1.165, 1.54) is 12.1 Å². The van der Waals surface area contributed by atoms with E-state index < -0.39 is 10.0 Å². The second kappa shape index (κ2) is 7.59. The summed E-state index contributed by atoms with van der Waals surface area (Å²) >= 11 is 0. The normalized spacial score (nSPS) is 12.6. The van der Waals surface area contributed by atoms with Gasteiger partial charge in [0, 0.05) is 17.3 Å². The number of nitrogens with one attached hydrogen (secondary N) is 2. The van der Waals surface area contributed by atoms with Gasteiger partial charge in [0.15, 0.2) is 0 Å². The largest absolute Gasteiger partial charge is 0.322 e. The molecule has 0 aliphatic rings. The Bertz CT molecular complexity index is 814. The number of rotatable bonds is 6. The van der Waals surface area contributed by atoms with E-state index in [-0.39, 0.29) is 16.8 Å². The SMILES string of the molecule is CC[C@@H](C)NS(=O)(=O)c1ccc(NC(=O)c2ccccc2C)cc1. The van der Waals surface area contributed by atoms with Gasteiger partial charge >= 0.3 is 0 Å². The third-order valence-electron chi connectivity index (χ3n) is 3.78. The first-order chi connectivity index (χ1) is 11.3. The zero-order valence-corrected chi connectivity index (χ0v) is 14.9. The lowest BCUT2D eigenvalue weighted by atomic mass is 10.1. The Kier molecular flexibility index (Phi) is 5.75. The maximum absolute atomic E-state index is 12.3. The molecule has 128 valence electrons. The number of anilines is 1. The summed E-state index contributed by atoms with van der Waals surface area (Å²) in [6, 6.07) is 13.3. The van der Waals surface area contributed by atoms with E-state index >= 15 is 0 Å². The Labute approximate surface area is 143 Å². The van der Waals surface area contributed by atoms with Gasteiger partial charge in [0.1, 0.15) is 0 Å². The maximum Gasteiger partial charge on any atom is 0.255 e. The summed E-state index contributed by atoms with van der Waals surface area (Å²) in [6.07, 6.45) is 0.712. The zero-order chi connectivity index (χ0) is 17.7. The van der Waals surface area contributed by atoms with E-state index in [4.69, 9.17) is 0 Å². The molecule has 2 aromatic rings. The van der Waals surface area contributed by atoms with E-state index in [1.807, 2.05) is 32.9 Å². The van der Waals surface area contributed by atoms with Crippen molar-refractivity contribution in [1.82, 2.24) is 4.72 Å². The number of carbonyl (C=O) groups is 1. The predicted molar refractivity (Wildman–Crippen MR) is 95.6 cm³/mol. The van der Waals surface area contributed by atoms with Crippen LogP contribution >= 0.6 is 0 Å². The first-order valence-electron chi connectivity index (χ1n) is 7.83. The molecule has 1 amide bonds. The molecule has 5 nitrogen and oxygen atoms in total. The van der Waals surface area contributed by atoms with Gasteiger partial charge in [-0.15, -0.1) is 0 Å². The topological polar surface area (TPSA) is 75.3 Å². The molecule has 6 heteroatoms. The number of hydrogen-bond acceptors (Lipinski definition) is 3. The van der Waals surface area contributed by atoms with Gasteiger partial charge in [-0.25, -0.2) is 13.1 Å². The van der Waals surface area contributed by atoms with Crippen molar-refractivity contribution < 1.29 is 13.2 Å². The van der Waals surface area contributed by atoms with Crippen molar-refractivity contribution in [3.05, 3.63) is 59.7 Å².